The Hall–Kier alpha value is -0.220. The molecule has 0 spiro atoms. The Labute approximate surface area is 82.5 Å². The van der Waals surface area contributed by atoms with Gasteiger partial charge in [-0.05, 0) is 30.8 Å². The van der Waals surface area contributed by atoms with Crippen molar-refractivity contribution in [1.29, 1.82) is 0 Å². The summed E-state index contributed by atoms with van der Waals surface area (Å²) < 4.78 is 0. The lowest BCUT2D eigenvalue weighted by molar-refractivity contribution is -0.155. The number of rotatable bonds is 2. The first kappa shape index (κ1) is 9.34. The molecule has 0 aromatic carbocycles. The van der Waals surface area contributed by atoms with E-state index in [9.17, 15) is 9.90 Å². The first-order valence-electron chi connectivity index (χ1n) is 4.82. The summed E-state index contributed by atoms with van der Waals surface area (Å²) in [5, 5.41) is 9.27. The number of likely N-dealkylation sites (tertiary alicyclic amines) is 1. The zero-order valence-corrected chi connectivity index (χ0v) is 8.48. The van der Waals surface area contributed by atoms with Crippen molar-refractivity contribution >= 4 is 17.7 Å². The molecule has 4 heteroatoms. The lowest BCUT2D eigenvalue weighted by Gasteiger charge is -2.47. The van der Waals surface area contributed by atoms with E-state index in [1.807, 2.05) is 11.8 Å². The average Bonchev–Trinajstić information content (AvgIpc) is 2.02. The van der Waals surface area contributed by atoms with Gasteiger partial charge in [-0.2, -0.15) is 11.8 Å². The molecular formula is C9H15NO2S. The van der Waals surface area contributed by atoms with Crippen LogP contribution in [0.4, 0.5) is 0 Å². The lowest BCUT2D eigenvalue weighted by atomic mass is 9.87. The number of hydrogen-bond donors (Lipinski definition) is 1. The fraction of sp³-hybridized carbons (Fsp3) is 0.889. The average molecular weight is 201 g/mol. The summed E-state index contributed by atoms with van der Waals surface area (Å²) in [6.07, 6.45) is 2.82. The molecule has 2 fully saturated rings. The molecule has 0 amide bonds. The van der Waals surface area contributed by atoms with Gasteiger partial charge in [-0.15, -0.1) is 0 Å². The van der Waals surface area contributed by atoms with Crippen molar-refractivity contribution in [2.24, 2.45) is 0 Å². The maximum Gasteiger partial charge on any atom is 0.324 e. The highest BCUT2D eigenvalue weighted by molar-refractivity contribution is 7.99. The molecule has 0 aliphatic carbocycles. The summed E-state index contributed by atoms with van der Waals surface area (Å²) in [5.41, 5.74) is -0.497. The summed E-state index contributed by atoms with van der Waals surface area (Å²) in [6.45, 7) is 1.97. The van der Waals surface area contributed by atoms with E-state index in [0.717, 1.165) is 37.4 Å². The Morgan fingerprint density at radius 3 is 2.31 bits per heavy atom. The molecule has 2 heterocycles. The minimum absolute atomic E-state index is 0.497. The third-order valence-corrected chi connectivity index (χ3v) is 4.17. The molecule has 0 bridgehead atoms. The highest BCUT2D eigenvalue weighted by Crippen LogP contribution is 2.35. The van der Waals surface area contributed by atoms with Gasteiger partial charge in [-0.25, -0.2) is 0 Å². The summed E-state index contributed by atoms with van der Waals surface area (Å²) >= 11 is 1.88. The number of aliphatic carboxylic acids is 1. The van der Waals surface area contributed by atoms with Crippen LogP contribution >= 0.6 is 11.8 Å². The Morgan fingerprint density at radius 1 is 1.31 bits per heavy atom. The first-order valence-corrected chi connectivity index (χ1v) is 5.97. The van der Waals surface area contributed by atoms with E-state index in [2.05, 4.69) is 4.90 Å². The first-order chi connectivity index (χ1) is 6.26. The van der Waals surface area contributed by atoms with Gasteiger partial charge in [0.25, 0.3) is 0 Å². The molecule has 0 atom stereocenters. The highest BCUT2D eigenvalue weighted by atomic mass is 32.2. The van der Waals surface area contributed by atoms with E-state index in [1.54, 1.807) is 0 Å². The quantitative estimate of drug-likeness (QED) is 0.725. The maximum absolute atomic E-state index is 11.3. The lowest BCUT2D eigenvalue weighted by Crippen LogP contribution is -2.61. The van der Waals surface area contributed by atoms with Crippen molar-refractivity contribution in [3.63, 3.8) is 0 Å². The predicted octanol–water partition coefficient (Wildman–Crippen LogP) is 1.04. The summed E-state index contributed by atoms with van der Waals surface area (Å²) in [5.74, 6) is 1.40. The van der Waals surface area contributed by atoms with Crippen LogP contribution in [0.2, 0.25) is 0 Å². The van der Waals surface area contributed by atoms with Gasteiger partial charge in [0.2, 0.25) is 0 Å². The number of nitrogens with zero attached hydrogens (tertiary/aromatic N) is 1. The molecule has 0 saturated carbocycles. The van der Waals surface area contributed by atoms with Gasteiger partial charge in [0.05, 0.1) is 0 Å². The van der Waals surface area contributed by atoms with Crippen LogP contribution in [-0.4, -0.2) is 46.1 Å². The second-order valence-electron chi connectivity index (χ2n) is 3.79. The molecule has 2 rings (SSSR count). The van der Waals surface area contributed by atoms with Gasteiger partial charge in [0.1, 0.15) is 5.54 Å². The highest BCUT2D eigenvalue weighted by Gasteiger charge is 2.46. The third kappa shape index (κ3) is 1.46. The van der Waals surface area contributed by atoms with E-state index >= 15 is 0 Å². The molecular weight excluding hydrogens is 186 g/mol. The van der Waals surface area contributed by atoms with Crippen molar-refractivity contribution in [2.75, 3.05) is 24.6 Å². The molecule has 2 aliphatic rings. The van der Waals surface area contributed by atoms with Crippen LogP contribution in [0.5, 0.6) is 0 Å². The molecule has 2 aliphatic heterocycles. The minimum atomic E-state index is -0.604. The van der Waals surface area contributed by atoms with Gasteiger partial charge in [0, 0.05) is 13.1 Å². The monoisotopic (exact) mass is 201 g/mol. The van der Waals surface area contributed by atoms with Crippen molar-refractivity contribution in [2.45, 2.75) is 24.8 Å². The number of thioether (sulfide) groups is 1. The van der Waals surface area contributed by atoms with Crippen molar-refractivity contribution in [3.8, 4) is 0 Å². The van der Waals surface area contributed by atoms with Crippen LogP contribution < -0.4 is 0 Å². The van der Waals surface area contributed by atoms with E-state index in [-0.39, 0.29) is 0 Å². The van der Waals surface area contributed by atoms with E-state index in [1.165, 1.54) is 6.42 Å². The predicted molar refractivity (Wildman–Crippen MR) is 53.1 cm³/mol. The zero-order valence-electron chi connectivity index (χ0n) is 7.66. The maximum atomic E-state index is 11.3. The minimum Gasteiger partial charge on any atom is -0.480 e. The van der Waals surface area contributed by atoms with Crippen LogP contribution in [0.3, 0.4) is 0 Å². The molecule has 74 valence electrons. The third-order valence-electron chi connectivity index (χ3n) is 3.18. The Morgan fingerprint density at radius 2 is 1.92 bits per heavy atom. The topological polar surface area (TPSA) is 40.5 Å². The van der Waals surface area contributed by atoms with Gasteiger partial charge >= 0.3 is 5.97 Å². The summed E-state index contributed by atoms with van der Waals surface area (Å²) in [6, 6.07) is 0. The molecule has 0 unspecified atom stereocenters. The van der Waals surface area contributed by atoms with Crippen molar-refractivity contribution in [3.05, 3.63) is 0 Å². The zero-order chi connectivity index (χ0) is 9.31. The van der Waals surface area contributed by atoms with Gasteiger partial charge in [0.15, 0.2) is 0 Å². The van der Waals surface area contributed by atoms with Crippen LogP contribution in [0.25, 0.3) is 0 Å². The molecule has 3 nitrogen and oxygen atoms in total. The van der Waals surface area contributed by atoms with Crippen LogP contribution in [0, 0.1) is 0 Å². The molecule has 0 aromatic rings. The summed E-state index contributed by atoms with van der Waals surface area (Å²) in [4.78, 5) is 13.4. The Bertz CT molecular complexity index is 210. The van der Waals surface area contributed by atoms with Crippen molar-refractivity contribution in [1.82, 2.24) is 4.90 Å². The molecule has 2 saturated heterocycles. The van der Waals surface area contributed by atoms with Crippen LogP contribution in [0.1, 0.15) is 19.3 Å². The van der Waals surface area contributed by atoms with Crippen molar-refractivity contribution < 1.29 is 9.90 Å². The second kappa shape index (κ2) is 3.50. The van der Waals surface area contributed by atoms with Gasteiger partial charge < -0.3 is 5.11 Å². The number of carbonyl (C=O) groups is 1. The second-order valence-corrected chi connectivity index (χ2v) is 5.01. The largest absolute Gasteiger partial charge is 0.480 e. The number of carboxylic acids is 1. The molecule has 1 N–H and O–H groups in total. The van der Waals surface area contributed by atoms with Gasteiger partial charge in [-0.3, -0.25) is 9.69 Å². The van der Waals surface area contributed by atoms with E-state index in [0.29, 0.717) is 0 Å². The number of hydrogen-bond acceptors (Lipinski definition) is 3. The Kier molecular flexibility index (Phi) is 2.51. The van der Waals surface area contributed by atoms with Crippen LogP contribution in [-0.2, 0) is 4.79 Å². The van der Waals surface area contributed by atoms with Crippen LogP contribution in [0.15, 0.2) is 0 Å². The Balaban J connectivity index is 2.12. The van der Waals surface area contributed by atoms with E-state index < -0.39 is 11.5 Å². The van der Waals surface area contributed by atoms with Gasteiger partial charge in [-0.1, -0.05) is 0 Å². The SMILES string of the molecule is O=C(O)C1(N2CCC2)CCSCC1. The number of carboxylic acid groups (broad SMARTS) is 1. The fourth-order valence-electron chi connectivity index (χ4n) is 2.12. The fourth-order valence-corrected chi connectivity index (χ4v) is 3.29. The normalized spacial score (nSPS) is 28.0. The standard InChI is InChI=1S/C9H15NO2S/c11-8(12)9(10-4-1-5-10)2-6-13-7-3-9/h1-7H2,(H,11,12). The van der Waals surface area contributed by atoms with E-state index in [4.69, 9.17) is 0 Å². The summed E-state index contributed by atoms with van der Waals surface area (Å²) in [7, 11) is 0. The molecule has 13 heavy (non-hydrogen) atoms. The molecule has 0 radical (unpaired) electrons. The molecule has 0 aromatic heterocycles. The smallest absolute Gasteiger partial charge is 0.324 e.